The van der Waals surface area contributed by atoms with E-state index in [0.717, 1.165) is 45.8 Å². The SMILES string of the molecule is Cc1c(N(Cc2cc3cc(Cl)ccc3n2C2CC2)S(=O)(=O)c2ccc(C(=O)[O-])cc2)ncc2ccccc12.[Na+]. The first-order chi connectivity index (χ1) is 18.2. The number of rotatable bonds is 7. The molecule has 0 aliphatic heterocycles. The molecule has 1 aliphatic rings. The summed E-state index contributed by atoms with van der Waals surface area (Å²) < 4.78 is 31.8. The number of hydrogen-bond donors (Lipinski definition) is 0. The van der Waals surface area contributed by atoms with Gasteiger partial charge in [0.2, 0.25) is 0 Å². The van der Waals surface area contributed by atoms with Crippen molar-refractivity contribution in [2.75, 3.05) is 4.31 Å². The van der Waals surface area contributed by atoms with Crippen molar-refractivity contribution in [1.29, 1.82) is 0 Å². The Bertz CT molecular complexity index is 1830. The first kappa shape index (κ1) is 27.7. The Hall–Kier alpha value is -2.88. The number of aromatic nitrogens is 2. The quantitative estimate of drug-likeness (QED) is 0.281. The number of anilines is 1. The minimum Gasteiger partial charge on any atom is -0.545 e. The second kappa shape index (κ2) is 10.6. The van der Waals surface area contributed by atoms with Crippen molar-refractivity contribution in [3.63, 3.8) is 0 Å². The second-order valence-electron chi connectivity index (χ2n) is 9.56. The van der Waals surface area contributed by atoms with Crippen LogP contribution in [0.5, 0.6) is 0 Å². The molecule has 0 saturated heterocycles. The number of carboxylic acids is 1. The van der Waals surface area contributed by atoms with Gasteiger partial charge in [-0.2, -0.15) is 0 Å². The van der Waals surface area contributed by atoms with E-state index in [0.29, 0.717) is 16.9 Å². The number of benzene rings is 3. The molecule has 7 nitrogen and oxygen atoms in total. The molecule has 3 aromatic carbocycles. The summed E-state index contributed by atoms with van der Waals surface area (Å²) in [5.41, 5.74) is 2.47. The first-order valence-corrected chi connectivity index (χ1v) is 14.0. The van der Waals surface area contributed by atoms with Crippen LogP contribution in [0.4, 0.5) is 5.82 Å². The van der Waals surface area contributed by atoms with Crippen molar-refractivity contribution in [3.8, 4) is 0 Å². The number of halogens is 1. The molecule has 192 valence electrons. The van der Waals surface area contributed by atoms with Gasteiger partial charge < -0.3 is 14.5 Å². The van der Waals surface area contributed by atoms with Crippen molar-refractivity contribution >= 4 is 55.1 Å². The number of aromatic carboxylic acids is 1. The van der Waals surface area contributed by atoms with E-state index in [1.54, 1.807) is 6.20 Å². The Morgan fingerprint density at radius 3 is 2.46 bits per heavy atom. The van der Waals surface area contributed by atoms with Crippen molar-refractivity contribution in [1.82, 2.24) is 9.55 Å². The van der Waals surface area contributed by atoms with Gasteiger partial charge in [0.1, 0.15) is 5.82 Å². The third kappa shape index (κ3) is 5.08. The molecule has 0 spiro atoms. The maximum atomic E-state index is 14.2. The van der Waals surface area contributed by atoms with Crippen LogP contribution in [0.15, 0.2) is 83.9 Å². The fourth-order valence-electron chi connectivity index (χ4n) is 5.01. The van der Waals surface area contributed by atoms with Gasteiger partial charge in [0.25, 0.3) is 10.0 Å². The molecular weight excluding hydrogens is 545 g/mol. The number of sulfonamides is 1. The molecule has 2 aromatic heterocycles. The first-order valence-electron chi connectivity index (χ1n) is 12.2. The van der Waals surface area contributed by atoms with Crippen molar-refractivity contribution in [2.45, 2.75) is 37.2 Å². The largest absolute Gasteiger partial charge is 1.00 e. The number of nitrogens with zero attached hydrogens (tertiary/aromatic N) is 3. The van der Waals surface area contributed by atoms with Gasteiger partial charge in [-0.1, -0.05) is 48.0 Å². The van der Waals surface area contributed by atoms with Gasteiger partial charge in [-0.3, -0.25) is 0 Å². The van der Waals surface area contributed by atoms with E-state index in [1.807, 2.05) is 55.5 Å². The smallest absolute Gasteiger partial charge is 0.545 e. The van der Waals surface area contributed by atoms with E-state index >= 15 is 0 Å². The zero-order valence-corrected chi connectivity index (χ0v) is 25.0. The third-order valence-corrected chi connectivity index (χ3v) is 9.02. The van der Waals surface area contributed by atoms with E-state index in [4.69, 9.17) is 11.6 Å². The Kier molecular flexibility index (Phi) is 7.52. The van der Waals surface area contributed by atoms with Gasteiger partial charge in [-0.05, 0) is 67.1 Å². The van der Waals surface area contributed by atoms with Crippen LogP contribution in [0.2, 0.25) is 5.02 Å². The summed E-state index contributed by atoms with van der Waals surface area (Å²) in [6.07, 6.45) is 3.71. The number of fused-ring (bicyclic) bond motifs is 2. The Morgan fingerprint density at radius 1 is 1.05 bits per heavy atom. The van der Waals surface area contributed by atoms with E-state index < -0.39 is 16.0 Å². The number of aryl methyl sites for hydroxylation is 1. The number of carbonyl (C=O) groups excluding carboxylic acids is 1. The Labute approximate surface area is 253 Å². The summed E-state index contributed by atoms with van der Waals surface area (Å²) >= 11 is 6.27. The fourth-order valence-corrected chi connectivity index (χ4v) is 6.64. The van der Waals surface area contributed by atoms with E-state index in [2.05, 4.69) is 9.55 Å². The van der Waals surface area contributed by atoms with E-state index in [1.165, 1.54) is 28.6 Å². The summed E-state index contributed by atoms with van der Waals surface area (Å²) in [5, 5.41) is 14.6. The summed E-state index contributed by atoms with van der Waals surface area (Å²) in [6.45, 7) is 1.90. The zero-order chi connectivity index (χ0) is 26.6. The van der Waals surface area contributed by atoms with Crippen LogP contribution in [0.3, 0.4) is 0 Å². The van der Waals surface area contributed by atoms with Crippen molar-refractivity contribution in [3.05, 3.63) is 101 Å². The molecule has 0 radical (unpaired) electrons. The zero-order valence-electron chi connectivity index (χ0n) is 21.5. The number of pyridine rings is 1. The minimum atomic E-state index is -4.14. The summed E-state index contributed by atoms with van der Waals surface area (Å²) in [6, 6.07) is 20.7. The van der Waals surface area contributed by atoms with Crippen LogP contribution in [-0.2, 0) is 16.6 Å². The normalized spacial score (nSPS) is 13.4. The molecule has 0 N–H and O–H groups in total. The van der Waals surface area contributed by atoms with Crippen LogP contribution in [0.1, 0.15) is 40.5 Å². The number of carboxylic acid groups (broad SMARTS) is 1. The molecular formula is C29H23ClN3NaO4S. The van der Waals surface area contributed by atoms with Crippen molar-refractivity contribution < 1.29 is 47.9 Å². The van der Waals surface area contributed by atoms with E-state index in [-0.39, 0.29) is 46.6 Å². The monoisotopic (exact) mass is 567 g/mol. The van der Waals surface area contributed by atoms with Gasteiger partial charge in [0.15, 0.2) is 0 Å². The molecule has 6 rings (SSSR count). The van der Waals surface area contributed by atoms with Crippen LogP contribution >= 0.6 is 11.6 Å². The molecule has 10 heteroatoms. The standard InChI is InChI=1S/C29H24ClN3O4S.Na/c1-18-26-5-3-2-4-20(26)16-31-28(18)32(38(36,37)25-11-6-19(7-12-25)29(34)35)17-24-15-21-14-22(30)8-13-27(21)33(24)23-9-10-23;/h2-8,11-16,23H,9-10,17H2,1H3,(H,34,35);/q;+1/p-1. The average Bonchev–Trinajstić information content (AvgIpc) is 3.68. The Balaban J connectivity index is 0.00000308. The molecule has 2 heterocycles. The van der Waals surface area contributed by atoms with E-state index in [9.17, 15) is 18.3 Å². The van der Waals surface area contributed by atoms with Crippen LogP contribution in [0, 0.1) is 6.92 Å². The fraction of sp³-hybridized carbons (Fsp3) is 0.172. The van der Waals surface area contributed by atoms with Crippen molar-refractivity contribution in [2.24, 2.45) is 0 Å². The van der Waals surface area contributed by atoms with Gasteiger partial charge >= 0.3 is 29.6 Å². The average molecular weight is 568 g/mol. The third-order valence-electron chi connectivity index (χ3n) is 7.04. The Morgan fingerprint density at radius 2 is 1.77 bits per heavy atom. The molecule has 0 atom stereocenters. The number of carbonyl (C=O) groups is 1. The molecule has 0 amide bonds. The van der Waals surface area contributed by atoms with Gasteiger partial charge in [-0.25, -0.2) is 17.7 Å². The van der Waals surface area contributed by atoms with Crippen LogP contribution in [-0.4, -0.2) is 23.9 Å². The molecule has 1 fully saturated rings. The van der Waals surface area contributed by atoms with Crippen LogP contribution in [0.25, 0.3) is 21.7 Å². The molecule has 39 heavy (non-hydrogen) atoms. The van der Waals surface area contributed by atoms with Gasteiger partial charge in [-0.15, -0.1) is 0 Å². The van der Waals surface area contributed by atoms with Gasteiger partial charge in [0.05, 0.1) is 17.4 Å². The topological polar surface area (TPSA) is 95.3 Å². The van der Waals surface area contributed by atoms with Gasteiger partial charge in [0, 0.05) is 44.8 Å². The maximum absolute atomic E-state index is 14.2. The molecule has 5 aromatic rings. The predicted molar refractivity (Wildman–Crippen MR) is 146 cm³/mol. The van der Waals surface area contributed by atoms with Crippen LogP contribution < -0.4 is 39.0 Å². The number of hydrogen-bond acceptors (Lipinski definition) is 5. The molecule has 1 saturated carbocycles. The minimum absolute atomic E-state index is 0. The summed E-state index contributed by atoms with van der Waals surface area (Å²) in [4.78, 5) is 15.8. The molecule has 0 bridgehead atoms. The maximum Gasteiger partial charge on any atom is 1.00 e. The second-order valence-corrected chi connectivity index (χ2v) is 11.9. The summed E-state index contributed by atoms with van der Waals surface area (Å²) in [5.74, 6) is -1.05. The summed E-state index contributed by atoms with van der Waals surface area (Å²) in [7, 11) is -4.14. The predicted octanol–water partition coefficient (Wildman–Crippen LogP) is 2.25. The molecule has 1 aliphatic carbocycles. The molecule has 0 unspecified atom stereocenters.